The number of rotatable bonds is 4. The van der Waals surface area contributed by atoms with E-state index in [0.29, 0.717) is 5.82 Å². The smallest absolute Gasteiger partial charge is 0.192 e. The number of hydrogen-bond acceptors (Lipinski definition) is 6. The van der Waals surface area contributed by atoms with E-state index in [1.807, 2.05) is 11.6 Å². The predicted molar refractivity (Wildman–Crippen MR) is 105 cm³/mol. The van der Waals surface area contributed by atoms with Crippen LogP contribution in [0.4, 0.5) is 5.82 Å². The first-order valence-corrected chi connectivity index (χ1v) is 12.2. The van der Waals surface area contributed by atoms with Gasteiger partial charge in [-0.25, -0.2) is 14.6 Å². The van der Waals surface area contributed by atoms with Gasteiger partial charge in [0.25, 0.3) is 0 Å². The number of nitrogen functional groups attached to an aromatic ring is 1. The van der Waals surface area contributed by atoms with Crippen molar-refractivity contribution in [2.45, 2.75) is 84.0 Å². The quantitative estimate of drug-likeness (QED) is 0.815. The average Bonchev–Trinajstić information content (AvgIpc) is 3.07. The maximum atomic E-state index is 6.68. The molecule has 0 amide bonds. The number of aryl methyl sites for hydroxylation is 1. The van der Waals surface area contributed by atoms with Crippen molar-refractivity contribution in [2.24, 2.45) is 0 Å². The molecule has 144 valence electrons. The minimum Gasteiger partial charge on any atom is -0.411 e. The standard InChI is InChI=1S/C18H31N5O2Si/c1-8-12-13(25-26(6,7)18(3,4)5)9-14(24-12)23-17-15(11(2)22-23)16(19)20-10-21-17/h10,12-14H,8-9H2,1-7H3,(H2,19,20,21)/t12-,13+,14-/m1/s1. The molecule has 0 spiro atoms. The highest BCUT2D eigenvalue weighted by Gasteiger charge is 2.45. The van der Waals surface area contributed by atoms with Gasteiger partial charge in [-0.05, 0) is 31.5 Å². The molecule has 1 saturated heterocycles. The molecular formula is C18H31N5O2Si. The molecule has 2 aromatic heterocycles. The lowest BCUT2D eigenvalue weighted by molar-refractivity contribution is -0.0213. The van der Waals surface area contributed by atoms with Crippen LogP contribution in [-0.2, 0) is 9.16 Å². The largest absolute Gasteiger partial charge is 0.411 e. The first-order chi connectivity index (χ1) is 12.0. The summed E-state index contributed by atoms with van der Waals surface area (Å²) in [7, 11) is -1.87. The van der Waals surface area contributed by atoms with E-state index in [4.69, 9.17) is 14.9 Å². The summed E-state index contributed by atoms with van der Waals surface area (Å²) in [5.41, 5.74) is 7.56. The Hall–Kier alpha value is -1.51. The van der Waals surface area contributed by atoms with Crippen LogP contribution in [0.2, 0.25) is 18.1 Å². The van der Waals surface area contributed by atoms with Gasteiger partial charge in [0.15, 0.2) is 20.2 Å². The SMILES string of the molecule is CC[C@H]1O[C@@H](n2nc(C)c3c(N)ncnc32)C[C@@H]1O[Si](C)(C)C(C)(C)C. The Bertz CT molecular complexity index is 799. The van der Waals surface area contributed by atoms with E-state index in [2.05, 4.69) is 55.9 Å². The van der Waals surface area contributed by atoms with Gasteiger partial charge in [0.05, 0.1) is 23.3 Å². The Labute approximate surface area is 156 Å². The van der Waals surface area contributed by atoms with E-state index in [1.54, 1.807) is 0 Å². The summed E-state index contributed by atoms with van der Waals surface area (Å²) in [6, 6.07) is 0. The molecule has 2 aromatic rings. The molecule has 8 heteroatoms. The van der Waals surface area contributed by atoms with Crippen LogP contribution in [0.3, 0.4) is 0 Å². The Kier molecular flexibility index (Phi) is 4.87. The van der Waals surface area contributed by atoms with E-state index >= 15 is 0 Å². The predicted octanol–water partition coefficient (Wildman–Crippen LogP) is 3.80. The van der Waals surface area contributed by atoms with E-state index in [9.17, 15) is 0 Å². The molecule has 0 bridgehead atoms. The third-order valence-corrected chi connectivity index (χ3v) is 10.3. The molecule has 2 N–H and O–H groups in total. The summed E-state index contributed by atoms with van der Waals surface area (Å²) in [6.07, 6.45) is 3.10. The van der Waals surface area contributed by atoms with Crippen LogP contribution in [0, 0.1) is 6.92 Å². The topological polar surface area (TPSA) is 88.1 Å². The lowest BCUT2D eigenvalue weighted by Gasteiger charge is -2.39. The summed E-state index contributed by atoms with van der Waals surface area (Å²) >= 11 is 0. The van der Waals surface area contributed by atoms with E-state index in [0.717, 1.165) is 29.6 Å². The molecule has 3 atom stereocenters. The van der Waals surface area contributed by atoms with Crippen LogP contribution in [0.1, 0.15) is 52.5 Å². The van der Waals surface area contributed by atoms with Crippen LogP contribution in [0.5, 0.6) is 0 Å². The monoisotopic (exact) mass is 377 g/mol. The number of aromatic nitrogens is 4. The average molecular weight is 378 g/mol. The molecule has 0 unspecified atom stereocenters. The number of anilines is 1. The van der Waals surface area contributed by atoms with Crippen LogP contribution in [-0.4, -0.2) is 40.3 Å². The third kappa shape index (κ3) is 3.25. The highest BCUT2D eigenvalue weighted by atomic mass is 28.4. The number of fused-ring (bicyclic) bond motifs is 1. The highest BCUT2D eigenvalue weighted by Crippen LogP contribution is 2.42. The fourth-order valence-electron chi connectivity index (χ4n) is 3.26. The van der Waals surface area contributed by atoms with Crippen molar-refractivity contribution < 1.29 is 9.16 Å². The van der Waals surface area contributed by atoms with Crippen molar-refractivity contribution >= 4 is 25.2 Å². The van der Waals surface area contributed by atoms with Crippen molar-refractivity contribution in [2.75, 3.05) is 5.73 Å². The first kappa shape index (κ1) is 19.3. The molecule has 3 heterocycles. The Balaban J connectivity index is 1.89. The van der Waals surface area contributed by atoms with Gasteiger partial charge in [0.2, 0.25) is 0 Å². The zero-order valence-electron chi connectivity index (χ0n) is 16.9. The van der Waals surface area contributed by atoms with Crippen molar-refractivity contribution in [3.63, 3.8) is 0 Å². The molecule has 0 saturated carbocycles. The van der Waals surface area contributed by atoms with Crippen molar-refractivity contribution in [1.29, 1.82) is 0 Å². The molecule has 7 nitrogen and oxygen atoms in total. The van der Waals surface area contributed by atoms with Gasteiger partial charge in [-0.3, -0.25) is 0 Å². The fraction of sp³-hybridized carbons (Fsp3) is 0.722. The van der Waals surface area contributed by atoms with Crippen LogP contribution in [0.15, 0.2) is 6.33 Å². The van der Waals surface area contributed by atoms with Gasteiger partial charge in [-0.15, -0.1) is 0 Å². The Morgan fingerprint density at radius 3 is 2.65 bits per heavy atom. The maximum Gasteiger partial charge on any atom is 0.192 e. The summed E-state index contributed by atoms with van der Waals surface area (Å²) in [5, 5.41) is 5.62. The molecule has 26 heavy (non-hydrogen) atoms. The second kappa shape index (κ2) is 6.58. The number of ether oxygens (including phenoxy) is 1. The molecule has 1 aliphatic rings. The van der Waals surface area contributed by atoms with Crippen LogP contribution >= 0.6 is 0 Å². The molecule has 3 rings (SSSR count). The molecule has 0 aliphatic carbocycles. The minimum absolute atomic E-state index is 0.0628. The van der Waals surface area contributed by atoms with E-state index < -0.39 is 8.32 Å². The molecular weight excluding hydrogens is 346 g/mol. The van der Waals surface area contributed by atoms with Gasteiger partial charge >= 0.3 is 0 Å². The lowest BCUT2D eigenvalue weighted by Crippen LogP contribution is -2.45. The van der Waals surface area contributed by atoms with E-state index in [-0.39, 0.29) is 23.5 Å². The summed E-state index contributed by atoms with van der Waals surface area (Å²) in [6.45, 7) is 15.4. The number of hydrogen-bond donors (Lipinski definition) is 1. The Morgan fingerprint density at radius 1 is 1.35 bits per heavy atom. The van der Waals surface area contributed by atoms with Gasteiger partial charge in [-0.2, -0.15) is 5.10 Å². The van der Waals surface area contributed by atoms with E-state index in [1.165, 1.54) is 6.33 Å². The molecule has 0 radical (unpaired) electrons. The zero-order chi connectivity index (χ0) is 19.3. The van der Waals surface area contributed by atoms with Gasteiger partial charge in [0.1, 0.15) is 12.1 Å². The normalized spacial score (nSPS) is 24.5. The number of nitrogens with zero attached hydrogens (tertiary/aromatic N) is 4. The number of nitrogens with two attached hydrogens (primary N) is 1. The van der Waals surface area contributed by atoms with Crippen LogP contribution in [0.25, 0.3) is 11.0 Å². The summed E-state index contributed by atoms with van der Waals surface area (Å²) < 4.78 is 14.8. The summed E-state index contributed by atoms with van der Waals surface area (Å²) in [4.78, 5) is 8.48. The zero-order valence-corrected chi connectivity index (χ0v) is 17.9. The second-order valence-electron chi connectivity index (χ2n) is 8.68. The van der Waals surface area contributed by atoms with Crippen molar-refractivity contribution in [3.8, 4) is 0 Å². The van der Waals surface area contributed by atoms with Crippen LogP contribution < -0.4 is 5.73 Å². The fourth-order valence-corrected chi connectivity index (χ4v) is 4.62. The van der Waals surface area contributed by atoms with Gasteiger partial charge < -0.3 is 14.9 Å². The highest BCUT2D eigenvalue weighted by molar-refractivity contribution is 6.74. The van der Waals surface area contributed by atoms with Crippen molar-refractivity contribution in [3.05, 3.63) is 12.0 Å². The minimum atomic E-state index is -1.87. The molecule has 1 fully saturated rings. The molecule has 1 aliphatic heterocycles. The first-order valence-electron chi connectivity index (χ1n) is 9.33. The lowest BCUT2D eigenvalue weighted by atomic mass is 10.1. The van der Waals surface area contributed by atoms with Crippen molar-refractivity contribution in [1.82, 2.24) is 19.7 Å². The Morgan fingerprint density at radius 2 is 2.04 bits per heavy atom. The summed E-state index contributed by atoms with van der Waals surface area (Å²) in [5.74, 6) is 0.456. The molecule has 0 aromatic carbocycles. The van der Waals surface area contributed by atoms with Gasteiger partial charge in [0, 0.05) is 6.42 Å². The second-order valence-corrected chi connectivity index (χ2v) is 13.4. The van der Waals surface area contributed by atoms with Gasteiger partial charge in [-0.1, -0.05) is 27.7 Å². The third-order valence-electron chi connectivity index (χ3n) is 5.80. The maximum absolute atomic E-state index is 6.68.